The van der Waals surface area contributed by atoms with Gasteiger partial charge in [-0.25, -0.2) is 0 Å². The molecule has 0 aliphatic carbocycles. The van der Waals surface area contributed by atoms with Crippen LogP contribution in [0, 0.1) is 5.41 Å². The summed E-state index contributed by atoms with van der Waals surface area (Å²) in [6.45, 7) is 9.55. The van der Waals surface area contributed by atoms with Crippen LogP contribution in [-0.4, -0.2) is 32.3 Å². The number of benzene rings is 1. The van der Waals surface area contributed by atoms with Gasteiger partial charge in [0.25, 0.3) is 0 Å². The minimum atomic E-state index is 0. The fraction of sp³-hybridized carbons (Fsp3) is 0.562. The average molecular weight is 438 g/mol. The van der Waals surface area contributed by atoms with E-state index in [1.165, 1.54) is 0 Å². The Kier molecular flexibility index (Phi) is 7.93. The molecular formula is C16H25ClIN3O. The molecule has 1 aromatic rings. The van der Waals surface area contributed by atoms with Gasteiger partial charge in [0.15, 0.2) is 5.96 Å². The Morgan fingerprint density at radius 2 is 2.18 bits per heavy atom. The number of aliphatic imine (C=N–C) groups is 1. The van der Waals surface area contributed by atoms with Crippen LogP contribution in [0.1, 0.15) is 32.4 Å². The highest BCUT2D eigenvalue weighted by Crippen LogP contribution is 2.26. The van der Waals surface area contributed by atoms with E-state index in [1.807, 2.05) is 18.2 Å². The van der Waals surface area contributed by atoms with Crippen molar-refractivity contribution in [1.82, 2.24) is 10.6 Å². The van der Waals surface area contributed by atoms with Crippen molar-refractivity contribution >= 4 is 41.5 Å². The Morgan fingerprint density at radius 3 is 2.73 bits per heavy atom. The van der Waals surface area contributed by atoms with Crippen molar-refractivity contribution in [3.63, 3.8) is 0 Å². The van der Waals surface area contributed by atoms with Gasteiger partial charge >= 0.3 is 0 Å². The second-order valence-corrected chi connectivity index (χ2v) is 6.36. The number of nitrogens with zero attached hydrogens (tertiary/aromatic N) is 1. The standard InChI is InChI=1S/C16H24ClN3O.HI/c1-4-18-15(19-9-16(3)10-21-11-16)20-12(2)13-6-5-7-14(17)8-13;/h5-8,12H,4,9-11H2,1-3H3,(H2,18,19,20);1H. The molecule has 124 valence electrons. The average Bonchev–Trinajstić information content (AvgIpc) is 2.43. The molecule has 2 N–H and O–H groups in total. The van der Waals surface area contributed by atoms with Gasteiger partial charge in [-0.2, -0.15) is 0 Å². The summed E-state index contributed by atoms with van der Waals surface area (Å²) in [7, 11) is 0. The quantitative estimate of drug-likeness (QED) is 0.420. The molecule has 0 bridgehead atoms. The van der Waals surface area contributed by atoms with Gasteiger partial charge in [-0.15, -0.1) is 24.0 Å². The van der Waals surface area contributed by atoms with Gasteiger partial charge < -0.3 is 15.4 Å². The first-order valence-corrected chi connectivity index (χ1v) is 7.78. The van der Waals surface area contributed by atoms with E-state index in [2.05, 4.69) is 42.5 Å². The molecule has 22 heavy (non-hydrogen) atoms. The smallest absolute Gasteiger partial charge is 0.191 e. The van der Waals surface area contributed by atoms with Gasteiger partial charge in [0, 0.05) is 17.0 Å². The summed E-state index contributed by atoms with van der Waals surface area (Å²) in [5.41, 5.74) is 1.33. The van der Waals surface area contributed by atoms with Crippen molar-refractivity contribution in [2.24, 2.45) is 10.4 Å². The maximum atomic E-state index is 6.05. The predicted molar refractivity (Wildman–Crippen MR) is 103 cm³/mol. The molecule has 2 rings (SSSR count). The highest BCUT2D eigenvalue weighted by atomic mass is 127. The van der Waals surface area contributed by atoms with Gasteiger partial charge in [0.2, 0.25) is 0 Å². The summed E-state index contributed by atoms with van der Waals surface area (Å²) in [5, 5.41) is 7.46. The van der Waals surface area contributed by atoms with E-state index >= 15 is 0 Å². The van der Waals surface area contributed by atoms with Crippen LogP contribution in [0.15, 0.2) is 29.3 Å². The Labute approximate surface area is 155 Å². The maximum absolute atomic E-state index is 6.05. The van der Waals surface area contributed by atoms with E-state index in [0.717, 1.165) is 42.8 Å². The Bertz CT molecular complexity index is 506. The number of guanidine groups is 1. The van der Waals surface area contributed by atoms with E-state index in [1.54, 1.807) is 0 Å². The zero-order chi connectivity index (χ0) is 15.3. The predicted octanol–water partition coefficient (Wildman–Crippen LogP) is 3.61. The minimum absolute atomic E-state index is 0. The zero-order valence-electron chi connectivity index (χ0n) is 13.4. The third-order valence-electron chi connectivity index (χ3n) is 3.57. The molecule has 1 aliphatic rings. The molecule has 1 fully saturated rings. The molecule has 1 heterocycles. The zero-order valence-corrected chi connectivity index (χ0v) is 16.4. The molecule has 0 spiro atoms. The van der Waals surface area contributed by atoms with Crippen molar-refractivity contribution in [1.29, 1.82) is 0 Å². The van der Waals surface area contributed by atoms with Crippen LogP contribution in [0.25, 0.3) is 0 Å². The molecule has 0 saturated carbocycles. The van der Waals surface area contributed by atoms with E-state index in [4.69, 9.17) is 16.3 Å². The van der Waals surface area contributed by atoms with E-state index in [-0.39, 0.29) is 35.4 Å². The number of hydrogen-bond acceptors (Lipinski definition) is 2. The monoisotopic (exact) mass is 437 g/mol. The largest absolute Gasteiger partial charge is 0.380 e. The van der Waals surface area contributed by atoms with Gasteiger partial charge in [0.05, 0.1) is 25.8 Å². The molecule has 1 aromatic carbocycles. The topological polar surface area (TPSA) is 45.7 Å². The number of halogens is 2. The van der Waals surface area contributed by atoms with Crippen LogP contribution >= 0.6 is 35.6 Å². The number of hydrogen-bond donors (Lipinski definition) is 2. The molecule has 1 saturated heterocycles. The lowest BCUT2D eigenvalue weighted by Gasteiger charge is -2.36. The fourth-order valence-electron chi connectivity index (χ4n) is 2.20. The normalized spacial score (nSPS) is 17.9. The van der Waals surface area contributed by atoms with Crippen molar-refractivity contribution in [3.8, 4) is 0 Å². The lowest BCUT2D eigenvalue weighted by atomic mass is 9.89. The molecule has 4 nitrogen and oxygen atoms in total. The van der Waals surface area contributed by atoms with E-state index in [9.17, 15) is 0 Å². The summed E-state index contributed by atoms with van der Waals surface area (Å²) in [6, 6.07) is 8.03. The van der Waals surface area contributed by atoms with Crippen molar-refractivity contribution in [2.45, 2.75) is 26.8 Å². The molecule has 0 amide bonds. The maximum Gasteiger partial charge on any atom is 0.191 e. The number of nitrogens with one attached hydrogen (secondary N) is 2. The third-order valence-corrected chi connectivity index (χ3v) is 3.80. The van der Waals surface area contributed by atoms with Gasteiger partial charge in [0.1, 0.15) is 0 Å². The van der Waals surface area contributed by atoms with Gasteiger partial charge in [-0.1, -0.05) is 30.7 Å². The summed E-state index contributed by atoms with van der Waals surface area (Å²) in [5.74, 6) is 0.832. The first-order chi connectivity index (χ1) is 10.0. The highest BCUT2D eigenvalue weighted by molar-refractivity contribution is 14.0. The summed E-state index contributed by atoms with van der Waals surface area (Å²) in [4.78, 5) is 4.68. The van der Waals surface area contributed by atoms with Gasteiger partial charge in [-0.3, -0.25) is 4.99 Å². The molecule has 1 atom stereocenters. The van der Waals surface area contributed by atoms with Crippen molar-refractivity contribution in [3.05, 3.63) is 34.9 Å². The molecule has 0 radical (unpaired) electrons. The first kappa shape index (κ1) is 19.5. The van der Waals surface area contributed by atoms with Crippen molar-refractivity contribution in [2.75, 3.05) is 26.3 Å². The molecule has 6 heteroatoms. The van der Waals surface area contributed by atoms with Crippen LogP contribution in [0.2, 0.25) is 5.02 Å². The number of ether oxygens (including phenoxy) is 1. The highest BCUT2D eigenvalue weighted by Gasteiger charge is 2.33. The van der Waals surface area contributed by atoms with Crippen LogP contribution in [0.5, 0.6) is 0 Å². The summed E-state index contributed by atoms with van der Waals surface area (Å²) in [6.07, 6.45) is 0. The Hall–Kier alpha value is -0.530. The summed E-state index contributed by atoms with van der Waals surface area (Å²) < 4.78 is 5.27. The first-order valence-electron chi connectivity index (χ1n) is 7.40. The SMILES string of the molecule is CCNC(=NCC1(C)COC1)NC(C)c1cccc(Cl)c1.I. The third kappa shape index (κ3) is 5.59. The minimum Gasteiger partial charge on any atom is -0.380 e. The second kappa shape index (κ2) is 8.93. The van der Waals surface area contributed by atoms with Gasteiger partial charge in [-0.05, 0) is 31.5 Å². The fourth-order valence-corrected chi connectivity index (χ4v) is 2.39. The lowest BCUT2D eigenvalue weighted by molar-refractivity contribution is -0.0945. The van der Waals surface area contributed by atoms with E-state index in [0.29, 0.717) is 0 Å². The van der Waals surface area contributed by atoms with Crippen LogP contribution in [-0.2, 0) is 4.74 Å². The Balaban J connectivity index is 0.00000242. The van der Waals surface area contributed by atoms with Crippen LogP contribution in [0.4, 0.5) is 0 Å². The molecular weight excluding hydrogens is 413 g/mol. The molecule has 1 aliphatic heterocycles. The molecule has 1 unspecified atom stereocenters. The van der Waals surface area contributed by atoms with E-state index < -0.39 is 0 Å². The van der Waals surface area contributed by atoms with Crippen molar-refractivity contribution < 1.29 is 4.74 Å². The second-order valence-electron chi connectivity index (χ2n) is 5.92. The van der Waals surface area contributed by atoms with Crippen LogP contribution in [0.3, 0.4) is 0 Å². The molecule has 0 aromatic heterocycles. The number of rotatable bonds is 5. The lowest BCUT2D eigenvalue weighted by Crippen LogP contribution is -2.44. The summed E-state index contributed by atoms with van der Waals surface area (Å²) >= 11 is 6.05. The van der Waals surface area contributed by atoms with Crippen LogP contribution < -0.4 is 10.6 Å². The Morgan fingerprint density at radius 1 is 1.45 bits per heavy atom.